The van der Waals surface area contributed by atoms with Crippen LogP contribution in [-0.2, 0) is 30.0 Å². The van der Waals surface area contributed by atoms with Crippen LogP contribution in [0.3, 0.4) is 0 Å². The van der Waals surface area contributed by atoms with Crippen LogP contribution < -0.4 is 10.6 Å². The fourth-order valence-corrected chi connectivity index (χ4v) is 5.95. The van der Waals surface area contributed by atoms with Crippen molar-refractivity contribution in [1.29, 1.82) is 0 Å². The minimum atomic E-state index is -0.486. The zero-order valence-corrected chi connectivity index (χ0v) is 24.4. The van der Waals surface area contributed by atoms with Gasteiger partial charge in [-0.15, -0.1) is 0 Å². The first-order chi connectivity index (χ1) is 18.8. The molecule has 6 rings (SSSR count). The van der Waals surface area contributed by atoms with Crippen LogP contribution >= 0.6 is 0 Å². The molecule has 0 aromatic heterocycles. The smallest absolute Gasteiger partial charge is 0.408 e. The Balaban J connectivity index is 0.000000161. The number of rotatable bonds is 4. The predicted octanol–water partition coefficient (Wildman–Crippen LogP) is 5.94. The molecule has 4 aliphatic rings. The second-order valence-corrected chi connectivity index (χ2v) is 13.4. The number of carbonyl (C=O) groups is 2. The summed E-state index contributed by atoms with van der Waals surface area (Å²) >= 11 is 0. The largest absolute Gasteiger partial charge is 0.444 e. The lowest BCUT2D eigenvalue weighted by Crippen LogP contribution is -2.47. The minimum absolute atomic E-state index is 0.283. The molecule has 2 N–H and O–H groups in total. The van der Waals surface area contributed by atoms with Crippen LogP contribution in [0.5, 0.6) is 0 Å². The zero-order chi connectivity index (χ0) is 28.8. The zero-order valence-electron chi connectivity index (χ0n) is 24.4. The van der Waals surface area contributed by atoms with Crippen molar-refractivity contribution in [1.82, 2.24) is 10.6 Å². The predicted molar refractivity (Wildman–Crippen MR) is 151 cm³/mol. The van der Waals surface area contributed by atoms with Crippen molar-refractivity contribution in [2.24, 2.45) is 0 Å². The molecule has 2 heterocycles. The first kappa shape index (κ1) is 28.4. The van der Waals surface area contributed by atoms with Crippen molar-refractivity contribution in [3.05, 3.63) is 71.8 Å². The Hall–Kier alpha value is -3.10. The average molecular weight is 551 g/mol. The molecule has 6 atom stereocenters. The van der Waals surface area contributed by atoms with Gasteiger partial charge in [0, 0.05) is 25.7 Å². The standard InChI is InChI=1S/2C16H21NO3/c2*1-15(2,3)20-14(18)17-16(9-12-13(10-16)19-12)11-7-5-4-6-8-11/h2*4-8,12-13H,9-10H2,1-3H3,(H,17,18)/t2*12-,13+,16?. The number of alkyl carbamates (subject to hydrolysis) is 2. The molecule has 4 fully saturated rings. The Labute approximate surface area is 237 Å². The summed E-state index contributed by atoms with van der Waals surface area (Å²) in [4.78, 5) is 24.3. The highest BCUT2D eigenvalue weighted by Crippen LogP contribution is 2.50. The number of ether oxygens (including phenoxy) is 4. The van der Waals surface area contributed by atoms with Gasteiger partial charge in [0.25, 0.3) is 0 Å². The van der Waals surface area contributed by atoms with Crippen molar-refractivity contribution >= 4 is 12.2 Å². The van der Waals surface area contributed by atoms with Gasteiger partial charge in [0.05, 0.1) is 35.5 Å². The number of hydrogen-bond acceptors (Lipinski definition) is 6. The maximum absolute atomic E-state index is 12.1. The van der Waals surface area contributed by atoms with E-state index in [1.165, 1.54) is 0 Å². The van der Waals surface area contributed by atoms with Gasteiger partial charge in [-0.05, 0) is 52.7 Å². The van der Waals surface area contributed by atoms with Crippen LogP contribution in [0.1, 0.15) is 78.4 Å². The quantitative estimate of drug-likeness (QED) is 0.457. The van der Waals surface area contributed by atoms with Gasteiger partial charge in [-0.3, -0.25) is 0 Å². The molecule has 2 saturated heterocycles. The number of hydrogen-bond donors (Lipinski definition) is 2. The molecular weight excluding hydrogens is 508 g/mol. The molecule has 0 radical (unpaired) electrons. The molecule has 2 aromatic rings. The summed E-state index contributed by atoms with van der Waals surface area (Å²) in [6, 6.07) is 20.2. The van der Waals surface area contributed by atoms with Crippen molar-refractivity contribution in [2.75, 3.05) is 0 Å². The van der Waals surface area contributed by atoms with Crippen molar-refractivity contribution in [3.63, 3.8) is 0 Å². The fourth-order valence-electron chi connectivity index (χ4n) is 5.95. The summed E-state index contributed by atoms with van der Waals surface area (Å²) in [5.41, 5.74) is 0.581. The molecule has 2 aromatic carbocycles. The Bertz CT molecular complexity index is 1090. The molecule has 8 heteroatoms. The van der Waals surface area contributed by atoms with Gasteiger partial charge >= 0.3 is 12.2 Å². The van der Waals surface area contributed by atoms with Gasteiger partial charge in [-0.25, -0.2) is 9.59 Å². The monoisotopic (exact) mass is 550 g/mol. The topological polar surface area (TPSA) is 102 Å². The van der Waals surface area contributed by atoms with E-state index in [1.54, 1.807) is 0 Å². The highest BCUT2D eigenvalue weighted by Gasteiger charge is 2.58. The van der Waals surface area contributed by atoms with Crippen molar-refractivity contribution < 1.29 is 28.5 Å². The van der Waals surface area contributed by atoms with E-state index in [4.69, 9.17) is 18.9 Å². The lowest BCUT2D eigenvalue weighted by Gasteiger charge is -2.33. The first-order valence-electron chi connectivity index (χ1n) is 14.2. The van der Waals surface area contributed by atoms with Gasteiger partial charge in [0.15, 0.2) is 0 Å². The molecule has 0 spiro atoms. The third kappa shape index (κ3) is 6.78. The molecule has 2 aliphatic carbocycles. The SMILES string of the molecule is CC(C)(C)OC(=O)NC1(c2ccccc2)C[C@@H]2O[C@@H]2C1.CC(C)(C)OC(=O)NC1(c2ccccc2)C[C@@H]2O[C@@H]2C1. The number of amides is 2. The highest BCUT2D eigenvalue weighted by molar-refractivity contribution is 5.70. The molecule has 0 bridgehead atoms. The van der Waals surface area contributed by atoms with Crippen LogP contribution in [0, 0.1) is 0 Å². The second-order valence-electron chi connectivity index (χ2n) is 13.4. The van der Waals surface area contributed by atoms with Crippen LogP contribution in [0.15, 0.2) is 60.7 Å². The molecule has 2 unspecified atom stereocenters. The third-order valence-electron chi connectivity index (χ3n) is 7.71. The van der Waals surface area contributed by atoms with E-state index < -0.39 is 11.2 Å². The van der Waals surface area contributed by atoms with Crippen molar-refractivity contribution in [2.45, 2.75) is 114 Å². The summed E-state index contributed by atoms with van der Waals surface area (Å²) in [6.07, 6.45) is 3.69. The van der Waals surface area contributed by atoms with Gasteiger partial charge in [-0.2, -0.15) is 0 Å². The number of carbonyl (C=O) groups excluding carboxylic acids is 2. The van der Waals surface area contributed by atoms with E-state index >= 15 is 0 Å². The van der Waals surface area contributed by atoms with Crippen LogP contribution in [0.25, 0.3) is 0 Å². The van der Waals surface area contributed by atoms with Gasteiger partial charge in [-0.1, -0.05) is 60.7 Å². The van der Waals surface area contributed by atoms with E-state index in [1.807, 2.05) is 77.9 Å². The molecule has 216 valence electrons. The lowest BCUT2D eigenvalue weighted by atomic mass is 9.87. The molecular formula is C32H42N2O6. The fraction of sp³-hybridized carbons (Fsp3) is 0.562. The van der Waals surface area contributed by atoms with Crippen LogP contribution in [0.4, 0.5) is 9.59 Å². The summed E-state index contributed by atoms with van der Waals surface area (Å²) in [6.45, 7) is 11.2. The molecule has 2 aliphatic heterocycles. The molecule has 40 heavy (non-hydrogen) atoms. The molecule has 2 saturated carbocycles. The Kier molecular flexibility index (Phi) is 7.38. The normalized spacial score (nSPS) is 31.6. The summed E-state index contributed by atoms with van der Waals surface area (Å²) in [7, 11) is 0. The number of epoxide rings is 2. The van der Waals surface area contributed by atoms with Gasteiger partial charge in [0.2, 0.25) is 0 Å². The molecule has 2 amide bonds. The van der Waals surface area contributed by atoms with E-state index in [-0.39, 0.29) is 47.7 Å². The van der Waals surface area contributed by atoms with Gasteiger partial charge < -0.3 is 29.6 Å². The lowest BCUT2D eigenvalue weighted by molar-refractivity contribution is 0.0414. The number of fused-ring (bicyclic) bond motifs is 2. The van der Waals surface area contributed by atoms with Crippen molar-refractivity contribution in [3.8, 4) is 0 Å². The van der Waals surface area contributed by atoms with E-state index in [0.29, 0.717) is 0 Å². The van der Waals surface area contributed by atoms with Gasteiger partial charge in [0.1, 0.15) is 11.2 Å². The highest BCUT2D eigenvalue weighted by atomic mass is 16.6. The number of nitrogens with one attached hydrogen (secondary N) is 2. The average Bonchev–Trinajstić information content (AvgIpc) is 3.70. The summed E-state index contributed by atoms with van der Waals surface area (Å²) in [5, 5.41) is 6.17. The molecule has 8 nitrogen and oxygen atoms in total. The second kappa shape index (κ2) is 10.4. The van der Waals surface area contributed by atoms with Crippen LogP contribution in [-0.4, -0.2) is 47.8 Å². The Morgan fingerprint density at radius 2 is 0.925 bits per heavy atom. The summed E-state index contributed by atoms with van der Waals surface area (Å²) in [5.74, 6) is 0. The number of benzene rings is 2. The van der Waals surface area contributed by atoms with E-state index in [0.717, 1.165) is 36.8 Å². The minimum Gasteiger partial charge on any atom is -0.444 e. The van der Waals surface area contributed by atoms with E-state index in [2.05, 4.69) is 34.9 Å². The Morgan fingerprint density at radius 3 is 1.20 bits per heavy atom. The maximum Gasteiger partial charge on any atom is 0.408 e. The Morgan fingerprint density at radius 1 is 0.625 bits per heavy atom. The van der Waals surface area contributed by atoms with E-state index in [9.17, 15) is 9.59 Å². The first-order valence-corrected chi connectivity index (χ1v) is 14.2. The summed E-state index contributed by atoms with van der Waals surface area (Å²) < 4.78 is 21.9. The van der Waals surface area contributed by atoms with Crippen LogP contribution in [0.2, 0.25) is 0 Å². The third-order valence-corrected chi connectivity index (χ3v) is 7.71. The maximum atomic E-state index is 12.1.